The molecular weight excluding hydrogens is 571 g/mol. The number of benzene rings is 3. The van der Waals surface area contributed by atoms with Gasteiger partial charge in [0.1, 0.15) is 0 Å². The van der Waals surface area contributed by atoms with E-state index in [0.29, 0.717) is 21.9 Å². The molecule has 1 aliphatic rings. The van der Waals surface area contributed by atoms with Gasteiger partial charge in [0.25, 0.3) is 0 Å². The summed E-state index contributed by atoms with van der Waals surface area (Å²) >= 11 is -2.35. The zero-order chi connectivity index (χ0) is 25.1. The predicted octanol–water partition coefficient (Wildman–Crippen LogP) is 4.96. The molecule has 1 fully saturated rings. The van der Waals surface area contributed by atoms with Gasteiger partial charge in [0, 0.05) is 12.8 Å². The van der Waals surface area contributed by atoms with Gasteiger partial charge >= 0.3 is 186 Å². The van der Waals surface area contributed by atoms with E-state index >= 15 is 4.39 Å². The molecule has 0 atom stereocenters. The molecule has 0 radical (unpaired) electrons. The fraction of sp³-hybridized carbons (Fsp3) is 0.192. The minimum atomic E-state index is -2.35. The molecule has 9 heteroatoms. The molecule has 0 aromatic heterocycles. The van der Waals surface area contributed by atoms with Gasteiger partial charge in [-0.05, 0) is 0 Å². The Morgan fingerprint density at radius 2 is 1.57 bits per heavy atom. The van der Waals surface area contributed by atoms with Crippen molar-refractivity contribution < 1.29 is 32.7 Å². The molecular formula is C26H22F2INO5. The molecule has 1 saturated heterocycles. The van der Waals surface area contributed by atoms with Crippen molar-refractivity contribution in [2.24, 2.45) is 0 Å². The molecule has 4 rings (SSSR count). The summed E-state index contributed by atoms with van der Waals surface area (Å²) in [5.74, 6) is -2.39. The van der Waals surface area contributed by atoms with Crippen molar-refractivity contribution in [3.8, 4) is 5.75 Å². The molecule has 35 heavy (non-hydrogen) atoms. The molecule has 6 nitrogen and oxygen atoms in total. The van der Waals surface area contributed by atoms with Crippen LogP contribution in [0.3, 0.4) is 0 Å². The Hall–Kier alpha value is -3.34. The van der Waals surface area contributed by atoms with Gasteiger partial charge in [-0.1, -0.05) is 0 Å². The van der Waals surface area contributed by atoms with E-state index in [1.54, 1.807) is 31.4 Å². The van der Waals surface area contributed by atoms with Crippen LogP contribution in [0.5, 0.6) is 5.75 Å². The van der Waals surface area contributed by atoms with Crippen LogP contribution in [0.1, 0.15) is 34.3 Å². The third kappa shape index (κ3) is 5.34. The molecule has 0 aliphatic carbocycles. The Bertz CT molecular complexity index is 1260. The number of carbonyl (C=O) groups excluding carboxylic acids is 3. The zero-order valence-electron chi connectivity index (χ0n) is 19.0. The van der Waals surface area contributed by atoms with Crippen LogP contribution in [0.25, 0.3) is 0 Å². The Morgan fingerprint density at radius 1 is 0.943 bits per heavy atom. The molecule has 3 aromatic carbocycles. The number of amides is 2. The third-order valence-corrected chi connectivity index (χ3v) is 10.7. The van der Waals surface area contributed by atoms with E-state index in [0.717, 1.165) is 3.57 Å². The Morgan fingerprint density at radius 3 is 2.17 bits per heavy atom. The van der Waals surface area contributed by atoms with Crippen molar-refractivity contribution in [2.75, 3.05) is 12.0 Å². The molecule has 0 unspecified atom stereocenters. The van der Waals surface area contributed by atoms with Crippen molar-refractivity contribution in [3.05, 3.63) is 96.1 Å². The Balaban J connectivity index is 1.50. The van der Waals surface area contributed by atoms with E-state index in [1.165, 1.54) is 24.3 Å². The van der Waals surface area contributed by atoms with Gasteiger partial charge in [0.15, 0.2) is 0 Å². The summed E-state index contributed by atoms with van der Waals surface area (Å²) in [6, 6.07) is 16.2. The van der Waals surface area contributed by atoms with Gasteiger partial charge in [-0.25, -0.2) is 0 Å². The minimum absolute atomic E-state index is 0.0105. The molecule has 1 aliphatic heterocycles. The molecule has 0 spiro atoms. The zero-order valence-corrected chi connectivity index (χ0v) is 21.2. The molecule has 0 saturated carbocycles. The number of halogens is 3. The van der Waals surface area contributed by atoms with Crippen LogP contribution in [0, 0.1) is 18.8 Å². The first-order valence-corrected chi connectivity index (χ1v) is 15.0. The van der Waals surface area contributed by atoms with E-state index in [4.69, 9.17) is 9.57 Å². The van der Waals surface area contributed by atoms with Crippen molar-refractivity contribution in [1.82, 2.24) is 5.06 Å². The van der Waals surface area contributed by atoms with Crippen LogP contribution in [0.4, 0.5) is 8.78 Å². The molecule has 1 heterocycles. The van der Waals surface area contributed by atoms with Crippen LogP contribution in [0.15, 0.2) is 60.7 Å². The molecule has 2 amide bonds. The average molecular weight is 593 g/mol. The van der Waals surface area contributed by atoms with Crippen LogP contribution >= 0.6 is 19.8 Å². The number of hydrogen-bond donors (Lipinski definition) is 0. The fourth-order valence-corrected chi connectivity index (χ4v) is 7.67. The number of hydroxylamine groups is 2. The number of methoxy groups -OCH3 is 1. The average Bonchev–Trinajstić information content (AvgIpc) is 3.18. The molecule has 0 bridgehead atoms. The van der Waals surface area contributed by atoms with Gasteiger partial charge in [0.05, 0.1) is 0 Å². The van der Waals surface area contributed by atoms with Crippen molar-refractivity contribution in [3.63, 3.8) is 0 Å². The molecule has 3 aromatic rings. The van der Waals surface area contributed by atoms with E-state index < -0.39 is 49.2 Å². The number of ether oxygens (including phenoxy) is 1. The van der Waals surface area contributed by atoms with E-state index in [1.807, 2.05) is 17.1 Å². The summed E-state index contributed by atoms with van der Waals surface area (Å²) in [4.78, 5) is 42.3. The van der Waals surface area contributed by atoms with Gasteiger partial charge < -0.3 is 0 Å². The maximum absolute atomic E-state index is 15.4. The van der Waals surface area contributed by atoms with Crippen molar-refractivity contribution in [2.45, 2.75) is 19.3 Å². The number of rotatable bonds is 7. The fourth-order valence-electron chi connectivity index (χ4n) is 3.60. The van der Waals surface area contributed by atoms with E-state index in [9.17, 15) is 18.8 Å². The summed E-state index contributed by atoms with van der Waals surface area (Å²) in [6.07, 6.45) is 0.220. The predicted molar refractivity (Wildman–Crippen MR) is 132 cm³/mol. The first-order valence-electron chi connectivity index (χ1n) is 10.7. The van der Waals surface area contributed by atoms with Crippen molar-refractivity contribution in [1.29, 1.82) is 0 Å². The van der Waals surface area contributed by atoms with Crippen LogP contribution in [-0.2, 0) is 20.8 Å². The summed E-state index contributed by atoms with van der Waals surface area (Å²) in [5, 5.41) is 0.486. The molecule has 0 N–H and O–H groups in total. The number of alkyl halides is 1. The first kappa shape index (κ1) is 24.8. The standard InChI is InChI=1S/C26H22F2INO5/c1-29(19-8-10-20(34-2)11-9-19)25-21(27)12-7-18(24(25)28)15-16-3-5-17(6-4-16)26(33)35-30-22(31)13-14-23(30)32/h3-12H,13-15H2,1-2H3. The normalized spacial score (nSPS) is 13.7. The van der Waals surface area contributed by atoms with Gasteiger partial charge in [-0.2, -0.15) is 0 Å². The van der Waals surface area contributed by atoms with Crippen LogP contribution in [-0.4, -0.2) is 34.9 Å². The topological polar surface area (TPSA) is 72.9 Å². The second-order valence-corrected chi connectivity index (χ2v) is 12.8. The summed E-state index contributed by atoms with van der Waals surface area (Å²) in [7, 11) is 1.56. The molecule has 182 valence electrons. The monoisotopic (exact) mass is 593 g/mol. The maximum atomic E-state index is 15.4. The van der Waals surface area contributed by atoms with Crippen molar-refractivity contribution >= 4 is 37.6 Å². The van der Waals surface area contributed by atoms with Crippen LogP contribution in [0.2, 0.25) is 0 Å². The van der Waals surface area contributed by atoms with E-state index in [-0.39, 0.29) is 28.4 Å². The quantitative estimate of drug-likeness (QED) is 0.168. The summed E-state index contributed by atoms with van der Waals surface area (Å²) < 4.78 is 36.3. The van der Waals surface area contributed by atoms with Gasteiger partial charge in [-0.15, -0.1) is 0 Å². The number of imide groups is 1. The van der Waals surface area contributed by atoms with Crippen LogP contribution < -0.4 is 4.74 Å². The number of hydrogen-bond acceptors (Lipinski definition) is 5. The second-order valence-electron chi connectivity index (χ2n) is 7.80. The second kappa shape index (κ2) is 10.5. The third-order valence-electron chi connectivity index (χ3n) is 5.54. The Labute approximate surface area is 208 Å². The number of nitrogens with zero attached hydrogens (tertiary/aromatic N) is 1. The summed E-state index contributed by atoms with van der Waals surface area (Å²) in [5.41, 5.74) is 1.19. The number of carbonyl (C=O) groups is 3. The van der Waals surface area contributed by atoms with Gasteiger partial charge in [0.2, 0.25) is 0 Å². The first-order chi connectivity index (χ1) is 16.8. The van der Waals surface area contributed by atoms with Gasteiger partial charge in [-0.3, -0.25) is 9.59 Å². The van der Waals surface area contributed by atoms with E-state index in [2.05, 4.69) is 0 Å². The summed E-state index contributed by atoms with van der Waals surface area (Å²) in [6.45, 7) is 0. The Kier molecular flexibility index (Phi) is 7.44. The SMILES string of the molecule is COc1ccc(I(C)c2c(F)ccc(Cc3ccc(C(=O)ON4C(=O)CCC4=O)cc3)c2F)cc1.